The molecule has 1 aromatic rings. The number of amides is 3. The van der Waals surface area contributed by atoms with Crippen LogP contribution in [0.5, 0.6) is 0 Å². The molecule has 0 radical (unpaired) electrons. The zero-order chi connectivity index (χ0) is 21.0. The molecule has 0 aromatic heterocycles. The van der Waals surface area contributed by atoms with Crippen LogP contribution in [-0.4, -0.2) is 41.9 Å². The van der Waals surface area contributed by atoms with Crippen molar-refractivity contribution in [2.45, 2.75) is 26.8 Å². The number of carbonyl (C=O) groups excluding carboxylic acids is 3. The van der Waals surface area contributed by atoms with Gasteiger partial charge < -0.3 is 21.1 Å². The van der Waals surface area contributed by atoms with Crippen LogP contribution in [0.1, 0.15) is 41.5 Å². The van der Waals surface area contributed by atoms with E-state index in [1.54, 1.807) is 36.4 Å². The summed E-state index contributed by atoms with van der Waals surface area (Å²) in [6, 6.07) is -0.786. The van der Waals surface area contributed by atoms with E-state index in [1.165, 1.54) is 14.0 Å². The van der Waals surface area contributed by atoms with Gasteiger partial charge in [0.15, 0.2) is 0 Å². The Kier molecular flexibility index (Phi) is 9.17. The monoisotopic (exact) mass is 713 g/mol. The fourth-order valence-corrected chi connectivity index (χ4v) is 6.63. The van der Waals surface area contributed by atoms with E-state index in [9.17, 15) is 24.3 Å². The van der Waals surface area contributed by atoms with Crippen LogP contribution in [0.4, 0.5) is 5.69 Å². The van der Waals surface area contributed by atoms with Gasteiger partial charge in [-0.1, -0.05) is 13.8 Å². The molecule has 0 aliphatic rings. The largest absolute Gasteiger partial charge is 0.478 e. The first-order valence-electron chi connectivity index (χ1n) is 7.67. The lowest BCUT2D eigenvalue weighted by molar-refractivity contribution is -0.123. The number of anilines is 1. The summed E-state index contributed by atoms with van der Waals surface area (Å²) in [4.78, 5) is 48.3. The molecule has 0 saturated heterocycles. The smallest absolute Gasteiger partial charge is 0.337 e. The molecule has 1 atom stereocenters. The molecule has 1 rings (SSSR count). The van der Waals surface area contributed by atoms with E-state index >= 15 is 0 Å². The topological polar surface area (TPSA) is 125 Å². The summed E-state index contributed by atoms with van der Waals surface area (Å²) < 4.78 is 0.964. The summed E-state index contributed by atoms with van der Waals surface area (Å²) in [7, 11) is 1.47. The number of hydrogen-bond acceptors (Lipinski definition) is 4. The van der Waals surface area contributed by atoms with Crippen LogP contribution in [0.25, 0.3) is 0 Å². The van der Waals surface area contributed by atoms with Gasteiger partial charge in [-0.2, -0.15) is 0 Å². The normalized spacial score (nSPS) is 11.7. The van der Waals surface area contributed by atoms with E-state index in [2.05, 4.69) is 16.0 Å². The number of carboxylic acid groups (broad SMARTS) is 1. The molecule has 0 aliphatic heterocycles. The Labute approximate surface area is 197 Å². The van der Waals surface area contributed by atoms with E-state index in [4.69, 9.17) is 0 Å². The number of carbonyl (C=O) groups is 4. The summed E-state index contributed by atoms with van der Waals surface area (Å²) in [6.07, 6.45) is 0. The molecule has 0 aliphatic carbocycles. The van der Waals surface area contributed by atoms with Gasteiger partial charge in [-0.15, -0.1) is 0 Å². The Hall–Kier alpha value is -0.710. The molecule has 0 saturated carbocycles. The molecule has 0 bridgehead atoms. The predicted molar refractivity (Wildman–Crippen MR) is 126 cm³/mol. The third kappa shape index (κ3) is 5.65. The minimum Gasteiger partial charge on any atom is -0.478 e. The number of hydrogen-bond donors (Lipinski definition) is 4. The Morgan fingerprint density at radius 2 is 1.48 bits per heavy atom. The van der Waals surface area contributed by atoms with E-state index in [1.807, 2.05) is 45.2 Å². The first-order valence-corrected chi connectivity index (χ1v) is 10.9. The van der Waals surface area contributed by atoms with Crippen LogP contribution in [-0.2, 0) is 9.59 Å². The van der Waals surface area contributed by atoms with E-state index < -0.39 is 17.9 Å². The van der Waals surface area contributed by atoms with Crippen molar-refractivity contribution in [2.24, 2.45) is 5.92 Å². The van der Waals surface area contributed by atoms with E-state index in [-0.39, 0.29) is 38.1 Å². The first kappa shape index (κ1) is 24.3. The maximum atomic E-state index is 12.9. The second-order valence-corrected chi connectivity index (χ2v) is 9.10. The van der Waals surface area contributed by atoms with Crippen LogP contribution in [0, 0.1) is 16.6 Å². The zero-order valence-corrected chi connectivity index (χ0v) is 21.3. The highest BCUT2D eigenvalue weighted by Gasteiger charge is 2.31. The van der Waals surface area contributed by atoms with Crippen molar-refractivity contribution in [3.63, 3.8) is 0 Å². The maximum absolute atomic E-state index is 12.9. The van der Waals surface area contributed by atoms with Crippen molar-refractivity contribution in [3.8, 4) is 0 Å². The average Bonchev–Trinajstić information content (AvgIpc) is 2.55. The van der Waals surface area contributed by atoms with Crippen LogP contribution in [0.2, 0.25) is 0 Å². The fraction of sp³-hybridized carbons (Fsp3) is 0.375. The predicted octanol–water partition coefficient (Wildman–Crippen LogP) is 2.66. The van der Waals surface area contributed by atoms with Gasteiger partial charge in [0, 0.05) is 17.5 Å². The van der Waals surface area contributed by atoms with Crippen molar-refractivity contribution in [1.29, 1.82) is 0 Å². The number of halogens is 3. The van der Waals surface area contributed by atoms with Crippen molar-refractivity contribution < 1.29 is 24.3 Å². The summed E-state index contributed by atoms with van der Waals surface area (Å²) in [5.41, 5.74) is 0.284. The van der Waals surface area contributed by atoms with Gasteiger partial charge in [0.05, 0.1) is 24.0 Å². The lowest BCUT2D eigenvalue weighted by atomic mass is 10.0. The Balaban J connectivity index is 3.59. The molecule has 27 heavy (non-hydrogen) atoms. The molecular formula is C16H18I3N3O5. The first-order chi connectivity index (χ1) is 12.4. The number of aromatic carboxylic acids is 1. The molecule has 1 unspecified atom stereocenters. The Morgan fingerprint density at radius 3 is 1.89 bits per heavy atom. The Bertz CT molecular complexity index is 811. The van der Waals surface area contributed by atoms with Crippen molar-refractivity contribution >= 4 is 97.2 Å². The molecule has 4 N–H and O–H groups in total. The van der Waals surface area contributed by atoms with Crippen molar-refractivity contribution in [1.82, 2.24) is 10.6 Å². The lowest BCUT2D eigenvalue weighted by Crippen LogP contribution is -2.49. The minimum atomic E-state index is -1.22. The molecule has 8 nitrogen and oxygen atoms in total. The van der Waals surface area contributed by atoms with Crippen LogP contribution >= 0.6 is 67.8 Å². The summed E-state index contributed by atoms with van der Waals surface area (Å²) in [6.45, 7) is 4.87. The Morgan fingerprint density at radius 1 is 0.963 bits per heavy atom. The zero-order valence-electron chi connectivity index (χ0n) is 14.9. The van der Waals surface area contributed by atoms with Gasteiger partial charge >= 0.3 is 5.97 Å². The fourth-order valence-electron chi connectivity index (χ4n) is 2.24. The molecule has 0 fully saturated rings. The third-order valence-electron chi connectivity index (χ3n) is 3.54. The third-order valence-corrected chi connectivity index (χ3v) is 6.78. The number of carboxylic acids is 1. The molecule has 0 heterocycles. The quantitative estimate of drug-likeness (QED) is 0.338. The van der Waals surface area contributed by atoms with Crippen LogP contribution in [0.3, 0.4) is 0 Å². The van der Waals surface area contributed by atoms with Crippen molar-refractivity contribution in [3.05, 3.63) is 21.8 Å². The highest BCUT2D eigenvalue weighted by molar-refractivity contribution is 14.1. The SMILES string of the molecule is CNC(=O)C(NC(=O)c1c(I)c(NC(C)=O)c(I)c(C(=O)O)c1I)C(C)C. The van der Waals surface area contributed by atoms with Gasteiger partial charge in [0.1, 0.15) is 6.04 Å². The molecule has 3 amide bonds. The second-order valence-electron chi connectivity index (χ2n) is 5.86. The maximum Gasteiger partial charge on any atom is 0.337 e. The highest BCUT2D eigenvalue weighted by Crippen LogP contribution is 2.35. The van der Waals surface area contributed by atoms with Gasteiger partial charge in [0.2, 0.25) is 11.8 Å². The van der Waals surface area contributed by atoms with E-state index in [0.29, 0.717) is 7.14 Å². The van der Waals surface area contributed by atoms with E-state index in [0.717, 1.165) is 0 Å². The van der Waals surface area contributed by atoms with Crippen LogP contribution in [0.15, 0.2) is 0 Å². The highest BCUT2D eigenvalue weighted by atomic mass is 127. The number of nitrogens with one attached hydrogen (secondary N) is 3. The molecule has 11 heteroatoms. The van der Waals surface area contributed by atoms with Crippen molar-refractivity contribution in [2.75, 3.05) is 12.4 Å². The lowest BCUT2D eigenvalue weighted by Gasteiger charge is -2.23. The van der Waals surface area contributed by atoms with Gasteiger partial charge in [-0.3, -0.25) is 14.4 Å². The number of rotatable bonds is 6. The van der Waals surface area contributed by atoms with Crippen LogP contribution < -0.4 is 16.0 Å². The van der Waals surface area contributed by atoms with Gasteiger partial charge in [0.25, 0.3) is 5.91 Å². The van der Waals surface area contributed by atoms with Gasteiger partial charge in [-0.25, -0.2) is 4.79 Å². The number of benzene rings is 1. The standard InChI is InChI=1S/C16H18I3N3O5/c1-5(2)12(15(25)20-4)22-14(24)7-9(17)8(16(26)27)11(19)13(10(7)18)21-6(3)23/h5,12H,1-4H3,(H,20,25)(H,21,23)(H,22,24)(H,26,27). The summed E-state index contributed by atoms with van der Waals surface area (Å²) in [5.74, 6) is -2.72. The number of likely N-dealkylation sites (N-methyl/N-ethyl adjacent to an activating group) is 1. The molecule has 148 valence electrons. The molecular weight excluding hydrogens is 695 g/mol. The minimum absolute atomic E-state index is 0.0773. The summed E-state index contributed by atoms with van der Waals surface area (Å²) in [5, 5.41) is 17.3. The summed E-state index contributed by atoms with van der Waals surface area (Å²) >= 11 is 5.52. The molecule has 0 spiro atoms. The average molecular weight is 713 g/mol. The molecule has 1 aromatic carbocycles. The second kappa shape index (κ2) is 10.2. The van der Waals surface area contributed by atoms with Gasteiger partial charge in [-0.05, 0) is 73.7 Å².